The van der Waals surface area contributed by atoms with Gasteiger partial charge < -0.3 is 4.74 Å². The Morgan fingerprint density at radius 2 is 1.92 bits per heavy atom. The van der Waals surface area contributed by atoms with Crippen molar-refractivity contribution in [2.24, 2.45) is 26.5 Å². The molecule has 0 radical (unpaired) electrons. The number of halogens is 1. The highest BCUT2D eigenvalue weighted by Gasteiger charge is 2.77. The zero-order chi connectivity index (χ0) is 16.7. The van der Waals surface area contributed by atoms with E-state index in [2.05, 4.69) is 41.3 Å². The van der Waals surface area contributed by atoms with Gasteiger partial charge in [0.05, 0.1) is 23.4 Å². The Morgan fingerprint density at radius 1 is 1.17 bits per heavy atom. The van der Waals surface area contributed by atoms with Crippen LogP contribution in [0.3, 0.4) is 0 Å². The quantitative estimate of drug-likeness (QED) is 0.811. The van der Waals surface area contributed by atoms with Crippen LogP contribution in [0.15, 0.2) is 44.8 Å². The van der Waals surface area contributed by atoms with Gasteiger partial charge in [0.25, 0.3) is 0 Å². The number of azo groups is 1. The molecule has 6 rings (SSSR count). The summed E-state index contributed by atoms with van der Waals surface area (Å²) in [5.41, 5.74) is 0.538. The van der Waals surface area contributed by atoms with Crippen LogP contribution in [0.1, 0.15) is 27.2 Å². The van der Waals surface area contributed by atoms with Crippen LogP contribution in [0.4, 0.5) is 5.69 Å². The SMILES string of the molecule is CC(C)(C)OC1C2C3N=NC3CC13C2N=NN3c1ccc(Cl)cc1. The first kappa shape index (κ1) is 14.8. The number of hydrogen-bond donors (Lipinski definition) is 0. The third-order valence-corrected chi connectivity index (χ3v) is 5.86. The molecule has 0 aromatic heterocycles. The van der Waals surface area contributed by atoms with E-state index < -0.39 is 0 Å². The van der Waals surface area contributed by atoms with Gasteiger partial charge in [-0.15, -0.1) is 0 Å². The molecule has 2 aliphatic heterocycles. The van der Waals surface area contributed by atoms with Gasteiger partial charge in [-0.05, 0) is 45.0 Å². The predicted molar refractivity (Wildman–Crippen MR) is 90.5 cm³/mol. The van der Waals surface area contributed by atoms with Crippen molar-refractivity contribution in [1.82, 2.24) is 0 Å². The largest absolute Gasteiger partial charge is 0.370 e. The molecule has 6 nitrogen and oxygen atoms in total. The summed E-state index contributed by atoms with van der Waals surface area (Å²) in [6, 6.07) is 8.43. The van der Waals surface area contributed by atoms with Gasteiger partial charge in [-0.25, -0.2) is 5.01 Å². The maximum atomic E-state index is 6.48. The molecule has 3 fully saturated rings. The molecule has 0 saturated heterocycles. The first-order valence-electron chi connectivity index (χ1n) is 8.44. The summed E-state index contributed by atoms with van der Waals surface area (Å²) in [6.07, 6.45) is 0.951. The predicted octanol–water partition coefficient (Wildman–Crippen LogP) is 4.05. The van der Waals surface area contributed by atoms with Crippen LogP contribution < -0.4 is 5.01 Å². The lowest BCUT2D eigenvalue weighted by atomic mass is 9.49. The number of nitrogens with zero attached hydrogens (tertiary/aromatic N) is 5. The third kappa shape index (κ3) is 1.76. The first-order valence-corrected chi connectivity index (χ1v) is 8.82. The Hall–Kier alpha value is -1.53. The monoisotopic (exact) mass is 345 g/mol. The lowest BCUT2D eigenvalue weighted by Crippen LogP contribution is -2.83. The summed E-state index contributed by atoms with van der Waals surface area (Å²) in [6.45, 7) is 6.30. The lowest BCUT2D eigenvalue weighted by molar-refractivity contribution is -0.207. The van der Waals surface area contributed by atoms with Crippen LogP contribution >= 0.6 is 11.6 Å². The fourth-order valence-electron chi connectivity index (χ4n) is 4.69. The molecule has 0 N–H and O–H groups in total. The molecule has 1 aromatic rings. The highest BCUT2D eigenvalue weighted by Crippen LogP contribution is 2.63. The summed E-state index contributed by atoms with van der Waals surface area (Å²) in [4.78, 5) is 0. The summed E-state index contributed by atoms with van der Waals surface area (Å²) in [5, 5.41) is 20.6. The highest BCUT2D eigenvalue weighted by atomic mass is 35.5. The van der Waals surface area contributed by atoms with Gasteiger partial charge in [-0.3, -0.25) is 0 Å². The van der Waals surface area contributed by atoms with E-state index in [9.17, 15) is 0 Å². The van der Waals surface area contributed by atoms with Crippen LogP contribution in [-0.4, -0.2) is 35.4 Å². The van der Waals surface area contributed by atoms with E-state index in [-0.39, 0.29) is 41.3 Å². The summed E-state index contributed by atoms with van der Waals surface area (Å²) >= 11 is 6.04. The minimum atomic E-state index is -0.244. The lowest BCUT2D eigenvalue weighted by Gasteiger charge is -2.66. The first-order chi connectivity index (χ1) is 11.4. The van der Waals surface area contributed by atoms with E-state index in [1.807, 2.05) is 29.3 Å². The molecule has 1 spiro atoms. The Morgan fingerprint density at radius 3 is 2.54 bits per heavy atom. The van der Waals surface area contributed by atoms with Crippen molar-refractivity contribution in [3.05, 3.63) is 29.3 Å². The average Bonchev–Trinajstić information content (AvgIpc) is 2.82. The molecule has 1 aromatic carbocycles. The maximum absolute atomic E-state index is 6.48. The fourth-order valence-corrected chi connectivity index (χ4v) is 4.81. The number of anilines is 1. The second-order valence-electron chi connectivity index (χ2n) is 8.15. The zero-order valence-corrected chi connectivity index (χ0v) is 14.7. The van der Waals surface area contributed by atoms with E-state index in [0.717, 1.165) is 17.1 Å². The molecule has 3 aliphatic carbocycles. The van der Waals surface area contributed by atoms with Gasteiger partial charge in [0, 0.05) is 17.4 Å². The van der Waals surface area contributed by atoms with Gasteiger partial charge in [-0.2, -0.15) is 15.3 Å². The standard InChI is InChI=1S/C17H20ClN5O/c1-16(2,3)24-15-12-13-11(19-20-13)8-17(15)14(12)21-22-23(17)10-6-4-9(18)5-7-10/h4-7,11-15H,8H2,1-3H3. The Kier molecular flexibility index (Phi) is 2.80. The molecule has 126 valence electrons. The van der Waals surface area contributed by atoms with Crippen molar-refractivity contribution in [2.45, 2.75) is 62.6 Å². The molecular formula is C17H20ClN5O. The molecule has 7 heteroatoms. The normalized spacial score (nSPS) is 41.5. The molecule has 24 heavy (non-hydrogen) atoms. The third-order valence-electron chi connectivity index (χ3n) is 5.60. The van der Waals surface area contributed by atoms with E-state index in [1.165, 1.54) is 0 Å². The van der Waals surface area contributed by atoms with Gasteiger partial charge >= 0.3 is 0 Å². The van der Waals surface area contributed by atoms with Crippen LogP contribution in [0.5, 0.6) is 0 Å². The summed E-state index contributed by atoms with van der Waals surface area (Å²) in [7, 11) is 0. The summed E-state index contributed by atoms with van der Waals surface area (Å²) < 4.78 is 6.48. The minimum absolute atomic E-state index is 0.0636. The van der Waals surface area contributed by atoms with Crippen molar-refractivity contribution in [3.63, 3.8) is 0 Å². The van der Waals surface area contributed by atoms with E-state index >= 15 is 0 Å². The number of hydrogen-bond acceptors (Lipinski definition) is 6. The van der Waals surface area contributed by atoms with Crippen molar-refractivity contribution >= 4 is 17.3 Å². The highest BCUT2D eigenvalue weighted by molar-refractivity contribution is 6.30. The Bertz CT molecular complexity index is 742. The molecular weight excluding hydrogens is 326 g/mol. The van der Waals surface area contributed by atoms with Crippen LogP contribution in [0, 0.1) is 5.92 Å². The second-order valence-corrected chi connectivity index (χ2v) is 8.59. The zero-order valence-electron chi connectivity index (χ0n) is 13.9. The van der Waals surface area contributed by atoms with E-state index in [4.69, 9.17) is 16.3 Å². The van der Waals surface area contributed by atoms with Gasteiger partial charge in [0.1, 0.15) is 17.6 Å². The van der Waals surface area contributed by atoms with Crippen molar-refractivity contribution < 1.29 is 4.74 Å². The van der Waals surface area contributed by atoms with E-state index in [0.29, 0.717) is 0 Å². The molecule has 2 bridgehead atoms. The Balaban J connectivity index is 1.56. The van der Waals surface area contributed by atoms with Crippen LogP contribution in [-0.2, 0) is 4.74 Å². The Labute approximate surface area is 145 Å². The molecule has 6 unspecified atom stereocenters. The van der Waals surface area contributed by atoms with Crippen molar-refractivity contribution in [2.75, 3.05) is 5.01 Å². The maximum Gasteiger partial charge on any atom is 0.118 e. The summed E-state index contributed by atoms with van der Waals surface area (Å²) in [5.74, 6) is 0.279. The second kappa shape index (κ2) is 4.55. The number of benzene rings is 1. The molecule has 0 amide bonds. The number of ether oxygens (including phenoxy) is 1. The van der Waals surface area contributed by atoms with Gasteiger partial charge in [0.2, 0.25) is 0 Å². The topological polar surface area (TPSA) is 61.9 Å². The average molecular weight is 346 g/mol. The molecule has 2 heterocycles. The number of rotatable bonds is 2. The molecule has 3 saturated carbocycles. The fraction of sp³-hybridized carbons (Fsp3) is 0.647. The van der Waals surface area contributed by atoms with Gasteiger partial charge in [0.15, 0.2) is 0 Å². The van der Waals surface area contributed by atoms with Crippen LogP contribution in [0.25, 0.3) is 0 Å². The van der Waals surface area contributed by atoms with Gasteiger partial charge in [-0.1, -0.05) is 16.8 Å². The minimum Gasteiger partial charge on any atom is -0.370 e. The molecule has 6 atom stereocenters. The van der Waals surface area contributed by atoms with E-state index in [1.54, 1.807) is 0 Å². The molecule has 5 aliphatic rings. The van der Waals surface area contributed by atoms with Crippen molar-refractivity contribution in [1.29, 1.82) is 0 Å². The van der Waals surface area contributed by atoms with Crippen LogP contribution in [0.2, 0.25) is 5.02 Å². The smallest absolute Gasteiger partial charge is 0.118 e. The van der Waals surface area contributed by atoms with Crippen molar-refractivity contribution in [3.8, 4) is 0 Å².